The van der Waals surface area contributed by atoms with E-state index in [1.807, 2.05) is 0 Å². The highest BCUT2D eigenvalue weighted by Gasteiger charge is 2.30. The van der Waals surface area contributed by atoms with Crippen molar-refractivity contribution in [2.45, 2.75) is 438 Å². The molecule has 0 aliphatic heterocycles. The molecule has 3 N–H and O–H groups in total. The third kappa shape index (κ3) is 72.4. The van der Waals surface area contributed by atoms with Gasteiger partial charge >= 0.3 is 39.5 Å². The average molecular weight is 1440 g/mol. The summed E-state index contributed by atoms with van der Waals surface area (Å²) in [6, 6.07) is 0. The second kappa shape index (κ2) is 72.0. The van der Waals surface area contributed by atoms with Gasteiger partial charge in [0.2, 0.25) is 0 Å². The Labute approximate surface area is 600 Å². The summed E-state index contributed by atoms with van der Waals surface area (Å²) in [5.74, 6) is -1.43. The first-order valence-electron chi connectivity index (χ1n) is 41.1. The van der Waals surface area contributed by atoms with E-state index in [2.05, 4.69) is 34.6 Å². The highest BCUT2D eigenvalue weighted by molar-refractivity contribution is 7.47. The third-order valence-electron chi connectivity index (χ3n) is 18.5. The number of carbonyl (C=O) groups is 4. The maximum atomic E-state index is 13.1. The number of phosphoric acid groups is 2. The van der Waals surface area contributed by atoms with Crippen LogP contribution in [0, 0.1) is 5.92 Å². The molecule has 0 amide bonds. The van der Waals surface area contributed by atoms with Crippen molar-refractivity contribution in [1.29, 1.82) is 0 Å². The molecule has 0 rings (SSSR count). The number of ether oxygens (including phenoxy) is 4. The summed E-state index contributed by atoms with van der Waals surface area (Å²) in [5.41, 5.74) is 0. The lowest BCUT2D eigenvalue weighted by Crippen LogP contribution is -2.30. The summed E-state index contributed by atoms with van der Waals surface area (Å²) >= 11 is 0. The van der Waals surface area contributed by atoms with E-state index < -0.39 is 97.5 Å². The number of unbranched alkanes of at least 4 members (excludes halogenated alkanes) is 51. The van der Waals surface area contributed by atoms with E-state index in [0.717, 1.165) is 96.3 Å². The first-order chi connectivity index (χ1) is 47.5. The molecule has 0 radical (unpaired) electrons. The van der Waals surface area contributed by atoms with Crippen molar-refractivity contribution in [3.05, 3.63) is 0 Å². The molecule has 0 aliphatic rings. The summed E-state index contributed by atoms with van der Waals surface area (Å²) in [6.07, 6.45) is 62.7. The Kier molecular flexibility index (Phi) is 70.6. The normalized spacial score (nSPS) is 13.9. The molecule has 0 aromatic heterocycles. The number of aliphatic hydroxyl groups excluding tert-OH is 1. The van der Waals surface area contributed by atoms with Gasteiger partial charge in [-0.3, -0.25) is 37.3 Å². The summed E-state index contributed by atoms with van der Waals surface area (Å²) in [7, 11) is -9.91. The summed E-state index contributed by atoms with van der Waals surface area (Å²) in [4.78, 5) is 72.8. The minimum absolute atomic E-state index is 0.106. The van der Waals surface area contributed by atoms with Crippen molar-refractivity contribution in [2.24, 2.45) is 5.92 Å². The van der Waals surface area contributed by atoms with E-state index in [-0.39, 0.29) is 25.7 Å². The van der Waals surface area contributed by atoms with Gasteiger partial charge in [-0.25, -0.2) is 9.13 Å². The van der Waals surface area contributed by atoms with E-state index in [4.69, 9.17) is 37.0 Å². The largest absolute Gasteiger partial charge is 0.472 e. The zero-order chi connectivity index (χ0) is 71.9. The predicted molar refractivity (Wildman–Crippen MR) is 400 cm³/mol. The zero-order valence-electron chi connectivity index (χ0n) is 63.9. The minimum Gasteiger partial charge on any atom is -0.462 e. The summed E-state index contributed by atoms with van der Waals surface area (Å²) in [5, 5.41) is 10.6. The number of carbonyl (C=O) groups excluding carboxylic acids is 4. The molecule has 0 aromatic rings. The minimum atomic E-state index is -4.96. The van der Waals surface area contributed by atoms with Crippen molar-refractivity contribution in [3.63, 3.8) is 0 Å². The van der Waals surface area contributed by atoms with Crippen LogP contribution in [0.4, 0.5) is 0 Å². The first-order valence-corrected chi connectivity index (χ1v) is 44.1. The number of hydrogen-bond acceptors (Lipinski definition) is 15. The SMILES string of the molecule is CCCCCCCCCCCCCCCCCCCCCCCC(=O)O[C@H](COC(=O)CCCCCCCCCCCCCCCCCCC)COP(=O)(O)OC[C@@H](O)COP(=O)(O)OC[C@@H](COC(=O)CCCCCCCCC(C)C)OC(=O)CCCCCCCCCCCCC. The maximum absolute atomic E-state index is 13.1. The predicted octanol–water partition coefficient (Wildman–Crippen LogP) is 23.6. The van der Waals surface area contributed by atoms with E-state index >= 15 is 0 Å². The molecule has 17 nitrogen and oxygen atoms in total. The molecule has 0 bridgehead atoms. The molecule has 0 aromatic carbocycles. The third-order valence-corrected chi connectivity index (χ3v) is 20.4. The van der Waals surface area contributed by atoms with Gasteiger partial charge < -0.3 is 33.8 Å². The number of esters is 4. The van der Waals surface area contributed by atoms with Crippen molar-refractivity contribution in [1.82, 2.24) is 0 Å². The Balaban J connectivity index is 5.19. The number of aliphatic hydroxyl groups is 1. The summed E-state index contributed by atoms with van der Waals surface area (Å²) in [6.45, 7) is 7.22. The Morgan fingerprint density at radius 3 is 0.694 bits per heavy atom. The lowest BCUT2D eigenvalue weighted by molar-refractivity contribution is -0.161. The van der Waals surface area contributed by atoms with Crippen LogP contribution in [0.3, 0.4) is 0 Å². The Hall–Kier alpha value is -1.94. The second-order valence-corrected chi connectivity index (χ2v) is 31.8. The number of rotatable bonds is 79. The molecule has 0 aliphatic carbocycles. The quantitative estimate of drug-likeness (QED) is 0.0222. The molecule has 582 valence electrons. The monoisotopic (exact) mass is 1440 g/mol. The molecule has 2 unspecified atom stereocenters. The van der Waals surface area contributed by atoms with E-state index in [0.29, 0.717) is 31.6 Å². The van der Waals surface area contributed by atoms with E-state index in [1.54, 1.807) is 0 Å². The lowest BCUT2D eigenvalue weighted by Gasteiger charge is -2.21. The molecule has 5 atom stereocenters. The van der Waals surface area contributed by atoms with Crippen LogP contribution in [0.1, 0.15) is 420 Å². The van der Waals surface area contributed by atoms with Crippen molar-refractivity contribution in [3.8, 4) is 0 Å². The number of hydrogen-bond donors (Lipinski definition) is 3. The fraction of sp³-hybridized carbons (Fsp3) is 0.949. The van der Waals surface area contributed by atoms with Gasteiger partial charge in [0.15, 0.2) is 12.2 Å². The lowest BCUT2D eigenvalue weighted by atomic mass is 10.0. The molecule has 98 heavy (non-hydrogen) atoms. The van der Waals surface area contributed by atoms with Gasteiger partial charge in [0.1, 0.15) is 19.3 Å². The van der Waals surface area contributed by atoms with Gasteiger partial charge in [-0.1, -0.05) is 369 Å². The topological polar surface area (TPSA) is 237 Å². The fourth-order valence-electron chi connectivity index (χ4n) is 12.2. The molecule has 0 saturated carbocycles. The molecule has 19 heteroatoms. The molecular formula is C79H154O17P2. The smallest absolute Gasteiger partial charge is 0.462 e. The highest BCUT2D eigenvalue weighted by Crippen LogP contribution is 2.45. The van der Waals surface area contributed by atoms with Gasteiger partial charge in [-0.2, -0.15) is 0 Å². The van der Waals surface area contributed by atoms with Gasteiger partial charge in [-0.15, -0.1) is 0 Å². The standard InChI is InChI=1S/C79H154O17P2/c1-6-9-12-15-18-21-24-26-28-30-31-32-33-35-37-39-42-45-48-55-60-65-79(84)95-74(68-89-76(81)62-57-52-46-43-41-38-36-34-29-27-25-22-19-16-13-10-7-2)70-93-97(85,86)91-66-73(80)67-92-98(87,88)94-71-75(69-90-77(82)63-58-53-50-49-51-56-61-72(4)5)96-78(83)64-59-54-47-44-40-23-20-17-14-11-8-3/h72-75,80H,6-71H2,1-5H3,(H,85,86)(H,87,88)/t73-,74-,75-/m1/s1. The Morgan fingerprint density at radius 1 is 0.276 bits per heavy atom. The van der Waals surface area contributed by atoms with Crippen LogP contribution in [0.15, 0.2) is 0 Å². The maximum Gasteiger partial charge on any atom is 0.472 e. The van der Waals surface area contributed by atoms with Gasteiger partial charge in [0, 0.05) is 25.7 Å². The van der Waals surface area contributed by atoms with Crippen LogP contribution >= 0.6 is 15.6 Å². The van der Waals surface area contributed by atoms with Crippen LogP contribution in [0.25, 0.3) is 0 Å². The van der Waals surface area contributed by atoms with Crippen LogP contribution in [-0.4, -0.2) is 96.7 Å². The van der Waals surface area contributed by atoms with E-state index in [1.165, 1.54) is 238 Å². The van der Waals surface area contributed by atoms with Gasteiger partial charge in [-0.05, 0) is 31.6 Å². The second-order valence-electron chi connectivity index (χ2n) is 28.9. The first kappa shape index (κ1) is 96.1. The highest BCUT2D eigenvalue weighted by atomic mass is 31.2. The summed E-state index contributed by atoms with van der Waals surface area (Å²) < 4.78 is 68.6. The fourth-order valence-corrected chi connectivity index (χ4v) is 13.8. The van der Waals surface area contributed by atoms with E-state index in [9.17, 15) is 43.2 Å². The molecule has 0 heterocycles. The van der Waals surface area contributed by atoms with Crippen LogP contribution < -0.4 is 0 Å². The molecule has 0 saturated heterocycles. The Morgan fingerprint density at radius 2 is 0.469 bits per heavy atom. The molecular weight excluding hydrogens is 1280 g/mol. The average Bonchev–Trinajstić information content (AvgIpc) is 1.04. The zero-order valence-corrected chi connectivity index (χ0v) is 65.7. The van der Waals surface area contributed by atoms with Crippen molar-refractivity contribution < 1.29 is 80.2 Å². The molecule has 0 fully saturated rings. The van der Waals surface area contributed by atoms with Crippen molar-refractivity contribution in [2.75, 3.05) is 39.6 Å². The van der Waals surface area contributed by atoms with Gasteiger partial charge in [0.25, 0.3) is 0 Å². The number of phosphoric ester groups is 2. The van der Waals surface area contributed by atoms with Crippen LogP contribution in [0.2, 0.25) is 0 Å². The van der Waals surface area contributed by atoms with Crippen LogP contribution in [-0.2, 0) is 65.4 Å². The van der Waals surface area contributed by atoms with Crippen LogP contribution in [0.5, 0.6) is 0 Å². The molecule has 0 spiro atoms. The van der Waals surface area contributed by atoms with Crippen molar-refractivity contribution >= 4 is 39.5 Å². The van der Waals surface area contributed by atoms with Gasteiger partial charge in [0.05, 0.1) is 26.4 Å². The Bertz CT molecular complexity index is 1870.